The molecule has 4 rings (SSSR count). The monoisotopic (exact) mass is 1020 g/mol. The molecule has 0 atom stereocenters. The molecule has 0 aliphatic rings. The molecule has 0 radical (unpaired) electrons. The van der Waals surface area contributed by atoms with Gasteiger partial charge in [-0.2, -0.15) is 20.4 Å². The third-order valence-corrected chi connectivity index (χ3v) is 7.58. The number of hydrogen-bond donors (Lipinski definition) is 6. The molecule has 9 N–H and O–H groups in total. The molecule has 0 fully saturated rings. The number of aryl methyl sites for hydroxylation is 5. The largest absolute Gasteiger partial charge is 0.484 e. The Kier molecular flexibility index (Phi) is 38.4. The van der Waals surface area contributed by atoms with Gasteiger partial charge in [-0.1, -0.05) is 22.3 Å². The topological polar surface area (TPSA) is 389 Å². The number of nitrogens with one attached hydrogen (secondary N) is 3. The molecule has 0 aliphatic heterocycles. The summed E-state index contributed by atoms with van der Waals surface area (Å²) >= 11 is 0. The molecule has 70 heavy (non-hydrogen) atoms. The highest BCUT2D eigenvalue weighted by molar-refractivity contribution is 7.92. The first-order valence-electron chi connectivity index (χ1n) is 19.8. The molecule has 0 spiro atoms. The van der Waals surface area contributed by atoms with E-state index in [1.807, 2.05) is 6.92 Å². The van der Waals surface area contributed by atoms with E-state index >= 15 is 0 Å². The zero-order valence-corrected chi connectivity index (χ0v) is 40.8. The summed E-state index contributed by atoms with van der Waals surface area (Å²) in [5.41, 5.74) is 15.1. The van der Waals surface area contributed by atoms with Crippen LogP contribution in [-0.2, 0) is 76.2 Å². The number of sulfonamides is 1. The molecule has 4 aromatic rings. The van der Waals surface area contributed by atoms with Gasteiger partial charge in [-0.3, -0.25) is 44.9 Å². The van der Waals surface area contributed by atoms with E-state index < -0.39 is 39.7 Å². The van der Waals surface area contributed by atoms with E-state index in [-0.39, 0.29) is 71.0 Å². The number of aromatic nitrogens is 8. The second kappa shape index (κ2) is 37.6. The first-order valence-corrected chi connectivity index (χ1v) is 21.7. The Morgan fingerprint density at radius 1 is 0.643 bits per heavy atom. The van der Waals surface area contributed by atoms with Crippen molar-refractivity contribution >= 4 is 69.0 Å². The number of ether oxygens (including phenoxy) is 6. The van der Waals surface area contributed by atoms with Gasteiger partial charge in [-0.05, 0) is 54.7 Å². The number of Topliss-reactive ketones (excluding diaryl/α,β-unsaturated/α-hetero) is 1. The summed E-state index contributed by atoms with van der Waals surface area (Å²) in [6, 6.07) is 5.99. The number of nitrogens with zero attached hydrogens (tertiary/aromatic N) is 8. The second-order valence-corrected chi connectivity index (χ2v) is 14.2. The number of hydrazine groups is 1. The minimum Gasteiger partial charge on any atom is -0.484 e. The minimum absolute atomic E-state index is 0. The summed E-state index contributed by atoms with van der Waals surface area (Å²) in [7, 11) is 6.08. The van der Waals surface area contributed by atoms with Crippen LogP contribution in [0.4, 0.5) is 17.5 Å². The molecule has 0 aliphatic carbocycles. The van der Waals surface area contributed by atoms with Crippen molar-refractivity contribution in [3.05, 3.63) is 52.7 Å². The third kappa shape index (κ3) is 28.7. The lowest BCUT2D eigenvalue weighted by Crippen LogP contribution is -2.20. The maximum absolute atomic E-state index is 11.3. The fourth-order valence-electron chi connectivity index (χ4n) is 4.24. The summed E-state index contributed by atoms with van der Waals surface area (Å²) < 4.78 is 57.7. The molecule has 0 aromatic carbocycles. The van der Waals surface area contributed by atoms with Crippen molar-refractivity contribution in [2.24, 2.45) is 34.0 Å². The molecule has 0 amide bonds. The van der Waals surface area contributed by atoms with Gasteiger partial charge in [0, 0.05) is 46.4 Å². The van der Waals surface area contributed by atoms with Crippen LogP contribution in [0, 0.1) is 12.3 Å². The SMILES string of the molecule is C.C.C.CCOC(=O)C(=O)CC(=N)OC.CCOC(=O)c1cc(C)nn1C.CCOC(=O)c1cc(N)n(C)n1.CCOC(=O)c1cc(N)nn1C.CCOC(=O)c1cc(NS(C)(=O)=O)n(C)n1.CNN. The number of methoxy groups -OCH3 is 1. The Balaban J connectivity index is -0.000000246. The van der Waals surface area contributed by atoms with Crippen molar-refractivity contribution < 1.29 is 65.6 Å². The van der Waals surface area contributed by atoms with Gasteiger partial charge in [0.05, 0.1) is 58.5 Å². The number of carbonyl (C=O) groups excluding carboxylic acids is 6. The third-order valence-electron chi connectivity index (χ3n) is 7.00. The van der Waals surface area contributed by atoms with Crippen molar-refractivity contribution in [3.63, 3.8) is 0 Å². The van der Waals surface area contributed by atoms with Crippen LogP contribution in [0.2, 0.25) is 0 Å². The molecular formula is C41H76N14O14S. The van der Waals surface area contributed by atoms with E-state index in [2.05, 4.69) is 45.9 Å². The molecule has 4 heterocycles. The van der Waals surface area contributed by atoms with Crippen molar-refractivity contribution in [2.75, 3.05) is 69.6 Å². The first kappa shape index (κ1) is 71.6. The van der Waals surface area contributed by atoms with Gasteiger partial charge in [0.15, 0.2) is 17.3 Å². The van der Waals surface area contributed by atoms with E-state index in [0.29, 0.717) is 42.8 Å². The Labute approximate surface area is 410 Å². The van der Waals surface area contributed by atoms with E-state index in [4.69, 9.17) is 35.8 Å². The summed E-state index contributed by atoms with van der Waals surface area (Å²) in [5, 5.41) is 22.5. The Hall–Kier alpha value is -7.40. The molecule has 0 bridgehead atoms. The molecular weight excluding hydrogens is 945 g/mol. The quantitative estimate of drug-likeness (QED) is 0.0201. The second-order valence-electron chi connectivity index (χ2n) is 12.5. The molecule has 0 saturated heterocycles. The molecule has 28 nitrogen and oxygen atoms in total. The number of esters is 5. The van der Waals surface area contributed by atoms with Gasteiger partial charge in [0.1, 0.15) is 28.8 Å². The number of anilines is 3. The highest BCUT2D eigenvalue weighted by Gasteiger charge is 2.18. The maximum Gasteiger partial charge on any atom is 0.375 e. The van der Waals surface area contributed by atoms with Gasteiger partial charge in [0.25, 0.3) is 0 Å². The number of carbonyl (C=O) groups is 6. The highest BCUT2D eigenvalue weighted by atomic mass is 32.2. The van der Waals surface area contributed by atoms with Crippen molar-refractivity contribution in [3.8, 4) is 0 Å². The van der Waals surface area contributed by atoms with Gasteiger partial charge >= 0.3 is 29.8 Å². The van der Waals surface area contributed by atoms with Crippen LogP contribution in [0.1, 0.15) is 111 Å². The summed E-state index contributed by atoms with van der Waals surface area (Å²) in [5.74, 6) is 1.91. The number of hydrogen-bond acceptors (Lipinski definition) is 23. The predicted molar refractivity (Wildman–Crippen MR) is 263 cm³/mol. The van der Waals surface area contributed by atoms with Crippen LogP contribution in [0.5, 0.6) is 0 Å². The lowest BCUT2D eigenvalue weighted by molar-refractivity contribution is -0.153. The number of ketones is 1. The van der Waals surface area contributed by atoms with Crippen LogP contribution in [0.15, 0.2) is 24.3 Å². The van der Waals surface area contributed by atoms with Crippen molar-refractivity contribution in [1.82, 2.24) is 44.5 Å². The van der Waals surface area contributed by atoms with Gasteiger partial charge in [-0.15, -0.1) is 0 Å². The van der Waals surface area contributed by atoms with Gasteiger partial charge < -0.3 is 39.9 Å². The van der Waals surface area contributed by atoms with Gasteiger partial charge in [0.2, 0.25) is 15.8 Å². The Morgan fingerprint density at radius 2 is 1.04 bits per heavy atom. The fourth-order valence-corrected chi connectivity index (χ4v) is 4.81. The number of rotatable bonds is 14. The molecule has 0 saturated carbocycles. The van der Waals surface area contributed by atoms with Crippen LogP contribution >= 0.6 is 0 Å². The summed E-state index contributed by atoms with van der Waals surface area (Å²) in [4.78, 5) is 66.2. The van der Waals surface area contributed by atoms with E-state index in [9.17, 15) is 37.2 Å². The fraction of sp³-hybridized carbons (Fsp3) is 0.537. The molecule has 0 unspecified atom stereocenters. The smallest absolute Gasteiger partial charge is 0.375 e. The lowest BCUT2D eigenvalue weighted by atomic mass is 10.3. The minimum atomic E-state index is -3.39. The molecule has 29 heteroatoms. The Bertz CT molecular complexity index is 2240. The number of nitrogens with two attached hydrogens (primary N) is 3. The van der Waals surface area contributed by atoms with Crippen LogP contribution in [0.25, 0.3) is 0 Å². The average molecular weight is 1020 g/mol. The zero-order chi connectivity index (χ0) is 52.0. The zero-order valence-electron chi connectivity index (χ0n) is 40.0. The predicted octanol–water partition coefficient (Wildman–Crippen LogP) is 2.35. The normalized spacial score (nSPS) is 9.40. The lowest BCUT2D eigenvalue weighted by Gasteiger charge is -2.01. The van der Waals surface area contributed by atoms with Crippen LogP contribution < -0.4 is 27.5 Å². The standard InChI is InChI=1S/C8H13N3O4S.C8H12N2O2.2C7H11N3O2.C7H11NO4.CH6N2.3CH4/c1-4-15-8(12)6-5-7(11(2)9-6)10-16(3,13)14;1-4-12-8(11)7-5-6(2)9-10(7)3;1-3-12-7(11)5-4-6(8)9-10(5)2;1-3-12-7(11)5-4-6(8)10(2)9-5;1-3-12-7(10)5(9)4-6(8)11-2;1-3-2;;;/h5,10H,4H2,1-3H3;5H,4H2,1-3H3;4H,3H2,1-2H3,(H2,8,9);4H,3,8H2,1-2H3;8H,3-4H2,1-2H3;3H,2H2,1H3;3*1H4. The summed E-state index contributed by atoms with van der Waals surface area (Å²) in [6.45, 7) is 11.9. The molecule has 4 aromatic heterocycles. The van der Waals surface area contributed by atoms with E-state index in [1.165, 1.54) is 51.1 Å². The summed E-state index contributed by atoms with van der Waals surface area (Å²) in [6.07, 6.45) is 0.680. The van der Waals surface area contributed by atoms with E-state index in [0.717, 1.165) is 11.9 Å². The number of nitrogen functional groups attached to an aromatic ring is 2. The first-order chi connectivity index (χ1) is 31.3. The molecule has 400 valence electrons. The van der Waals surface area contributed by atoms with Gasteiger partial charge in [-0.25, -0.2) is 32.4 Å². The van der Waals surface area contributed by atoms with Crippen molar-refractivity contribution in [2.45, 2.75) is 70.2 Å². The van der Waals surface area contributed by atoms with Crippen molar-refractivity contribution in [1.29, 1.82) is 5.41 Å². The van der Waals surface area contributed by atoms with Crippen LogP contribution in [0.3, 0.4) is 0 Å². The van der Waals surface area contributed by atoms with Crippen LogP contribution in [-0.4, -0.2) is 143 Å². The maximum atomic E-state index is 11.3. The highest BCUT2D eigenvalue weighted by Crippen LogP contribution is 2.12. The average Bonchev–Trinajstić information content (AvgIpc) is 3.99. The van der Waals surface area contributed by atoms with E-state index in [1.54, 1.807) is 68.9 Å². The Morgan fingerprint density at radius 3 is 1.39 bits per heavy atom.